The first kappa shape index (κ1) is 18.3. The van der Waals surface area contributed by atoms with Gasteiger partial charge in [0.25, 0.3) is 0 Å². The molecular formula is C22H29NO. The summed E-state index contributed by atoms with van der Waals surface area (Å²) in [6, 6.07) is 6.30. The third-order valence-electron chi connectivity index (χ3n) is 4.12. The minimum absolute atomic E-state index is 0.0794. The summed E-state index contributed by atoms with van der Waals surface area (Å²) in [6.07, 6.45) is 17.0. The molecule has 24 heavy (non-hydrogen) atoms. The van der Waals surface area contributed by atoms with Crippen LogP contribution in [0.3, 0.4) is 0 Å². The molecule has 1 aliphatic carbocycles. The number of rotatable bonds is 7. The van der Waals surface area contributed by atoms with Gasteiger partial charge < -0.3 is 9.64 Å². The van der Waals surface area contributed by atoms with E-state index in [1.165, 1.54) is 16.7 Å². The Hall–Kier alpha value is -2.06. The first-order valence-electron chi connectivity index (χ1n) is 8.68. The lowest BCUT2D eigenvalue weighted by molar-refractivity contribution is 0.208. The minimum Gasteiger partial charge on any atom is -0.485 e. The highest BCUT2D eigenvalue weighted by Crippen LogP contribution is 2.29. The van der Waals surface area contributed by atoms with E-state index in [-0.39, 0.29) is 6.10 Å². The van der Waals surface area contributed by atoms with Gasteiger partial charge in [0.1, 0.15) is 11.9 Å². The Balaban J connectivity index is 2.27. The van der Waals surface area contributed by atoms with E-state index >= 15 is 0 Å². The van der Waals surface area contributed by atoms with Gasteiger partial charge in [0.05, 0.1) is 0 Å². The van der Waals surface area contributed by atoms with Gasteiger partial charge in [-0.25, -0.2) is 0 Å². The zero-order valence-electron chi connectivity index (χ0n) is 15.3. The van der Waals surface area contributed by atoms with E-state index in [4.69, 9.17) is 4.74 Å². The molecule has 0 bridgehead atoms. The maximum atomic E-state index is 6.46. The monoisotopic (exact) mass is 323 g/mol. The summed E-state index contributed by atoms with van der Waals surface area (Å²) in [5.74, 6) is 0.965. The van der Waals surface area contributed by atoms with Crippen molar-refractivity contribution in [2.24, 2.45) is 0 Å². The Kier molecular flexibility index (Phi) is 7.07. The maximum absolute atomic E-state index is 6.46. The van der Waals surface area contributed by atoms with E-state index in [0.29, 0.717) is 0 Å². The Morgan fingerprint density at radius 3 is 2.79 bits per heavy atom. The summed E-state index contributed by atoms with van der Waals surface area (Å²) >= 11 is 0. The van der Waals surface area contributed by atoms with Crippen LogP contribution in [0, 0.1) is 0 Å². The van der Waals surface area contributed by atoms with E-state index in [9.17, 15) is 0 Å². The smallest absolute Gasteiger partial charge is 0.128 e. The lowest BCUT2D eigenvalue weighted by Crippen LogP contribution is -2.25. The molecule has 2 nitrogen and oxygen atoms in total. The van der Waals surface area contributed by atoms with Crippen LogP contribution in [0.25, 0.3) is 12.2 Å². The zero-order valence-corrected chi connectivity index (χ0v) is 15.3. The molecule has 1 atom stereocenters. The fourth-order valence-electron chi connectivity index (χ4n) is 2.71. The number of nitrogens with zero attached hydrogens (tertiary/aromatic N) is 1. The molecule has 1 aromatic rings. The molecule has 128 valence electrons. The molecule has 0 saturated carbocycles. The molecule has 0 spiro atoms. The Morgan fingerprint density at radius 2 is 2.04 bits per heavy atom. The van der Waals surface area contributed by atoms with Crippen molar-refractivity contribution in [1.82, 2.24) is 4.90 Å². The molecule has 0 amide bonds. The van der Waals surface area contributed by atoms with Gasteiger partial charge in [-0.05, 0) is 51.6 Å². The van der Waals surface area contributed by atoms with Crippen LogP contribution in [0.4, 0.5) is 0 Å². The third-order valence-corrected chi connectivity index (χ3v) is 4.12. The molecule has 0 radical (unpaired) electrons. The van der Waals surface area contributed by atoms with E-state index < -0.39 is 0 Å². The van der Waals surface area contributed by atoms with Crippen LogP contribution >= 0.6 is 0 Å². The van der Waals surface area contributed by atoms with Crippen LogP contribution in [-0.4, -0.2) is 31.6 Å². The fraction of sp³-hybridized carbons (Fsp3) is 0.364. The number of hydrogen-bond acceptors (Lipinski definition) is 2. The molecular weight excluding hydrogens is 294 g/mol. The van der Waals surface area contributed by atoms with Crippen LogP contribution in [-0.2, 0) is 0 Å². The van der Waals surface area contributed by atoms with Gasteiger partial charge in [0.2, 0.25) is 0 Å². The minimum atomic E-state index is 0.0794. The first-order chi connectivity index (χ1) is 11.6. The second-order valence-corrected chi connectivity index (χ2v) is 6.43. The SMILES string of the molecule is C/C=C\C=C(/C)C(CCN(C)C)Oc1cccc2c1C=CCC=C2. The summed E-state index contributed by atoms with van der Waals surface area (Å²) in [5.41, 5.74) is 3.66. The Morgan fingerprint density at radius 1 is 1.25 bits per heavy atom. The van der Waals surface area contributed by atoms with E-state index in [2.05, 4.69) is 86.7 Å². The number of ether oxygens (including phenoxy) is 1. The molecule has 1 unspecified atom stereocenters. The summed E-state index contributed by atoms with van der Waals surface area (Å²) < 4.78 is 6.46. The van der Waals surface area contributed by atoms with Crippen molar-refractivity contribution in [3.63, 3.8) is 0 Å². The predicted molar refractivity (Wildman–Crippen MR) is 105 cm³/mol. The normalized spacial score (nSPS) is 15.6. The van der Waals surface area contributed by atoms with Gasteiger partial charge in [0, 0.05) is 18.5 Å². The van der Waals surface area contributed by atoms with Crippen molar-refractivity contribution >= 4 is 12.2 Å². The van der Waals surface area contributed by atoms with Crippen LogP contribution in [0.5, 0.6) is 5.75 Å². The van der Waals surface area contributed by atoms with Crippen molar-refractivity contribution in [3.8, 4) is 5.75 Å². The number of fused-ring (bicyclic) bond motifs is 1. The van der Waals surface area contributed by atoms with Crippen molar-refractivity contribution < 1.29 is 4.74 Å². The van der Waals surface area contributed by atoms with Crippen LogP contribution in [0.15, 0.2) is 54.2 Å². The topological polar surface area (TPSA) is 12.5 Å². The third kappa shape index (κ3) is 5.24. The molecule has 1 aromatic carbocycles. The second-order valence-electron chi connectivity index (χ2n) is 6.43. The van der Waals surface area contributed by atoms with Crippen LogP contribution in [0.1, 0.15) is 37.8 Å². The second kappa shape index (κ2) is 9.29. The van der Waals surface area contributed by atoms with Crippen molar-refractivity contribution in [2.75, 3.05) is 20.6 Å². The molecule has 0 fully saturated rings. The van der Waals surface area contributed by atoms with Gasteiger partial charge in [-0.2, -0.15) is 0 Å². The fourth-order valence-corrected chi connectivity index (χ4v) is 2.71. The van der Waals surface area contributed by atoms with Gasteiger partial charge >= 0.3 is 0 Å². The largest absolute Gasteiger partial charge is 0.485 e. The van der Waals surface area contributed by atoms with Crippen molar-refractivity contribution in [2.45, 2.75) is 32.8 Å². The first-order valence-corrected chi connectivity index (χ1v) is 8.68. The van der Waals surface area contributed by atoms with Gasteiger partial charge in [-0.3, -0.25) is 0 Å². The van der Waals surface area contributed by atoms with Gasteiger partial charge in [0.15, 0.2) is 0 Å². The van der Waals surface area contributed by atoms with E-state index in [1.54, 1.807) is 0 Å². The molecule has 0 N–H and O–H groups in total. The van der Waals surface area contributed by atoms with E-state index in [1.807, 2.05) is 6.92 Å². The number of benzene rings is 1. The van der Waals surface area contributed by atoms with Crippen LogP contribution < -0.4 is 4.74 Å². The molecule has 1 aliphatic rings. The Bertz CT molecular complexity index is 650. The highest BCUT2D eigenvalue weighted by molar-refractivity contribution is 5.71. The standard InChI is InChI=1S/C22H29NO/c1-5-6-11-18(2)21(16-17-23(3)4)24-22-15-10-13-19-12-8-7-9-14-20(19)22/h5-6,8-15,21H,7,16-17H2,1-4H3/b6-5-,18-11+. The van der Waals surface area contributed by atoms with Crippen molar-refractivity contribution in [3.05, 3.63) is 65.3 Å². The van der Waals surface area contributed by atoms with E-state index in [0.717, 1.165) is 25.1 Å². The summed E-state index contributed by atoms with van der Waals surface area (Å²) in [6.45, 7) is 5.18. The maximum Gasteiger partial charge on any atom is 0.128 e. The number of allylic oxidation sites excluding steroid dienone is 5. The van der Waals surface area contributed by atoms with Crippen molar-refractivity contribution in [1.29, 1.82) is 0 Å². The van der Waals surface area contributed by atoms with Crippen LogP contribution in [0.2, 0.25) is 0 Å². The van der Waals surface area contributed by atoms with Gasteiger partial charge in [-0.1, -0.05) is 54.7 Å². The summed E-state index contributed by atoms with van der Waals surface area (Å²) in [5, 5.41) is 0. The molecule has 0 aliphatic heterocycles. The lowest BCUT2D eigenvalue weighted by atomic mass is 10.0. The Labute approximate surface area is 146 Å². The highest BCUT2D eigenvalue weighted by atomic mass is 16.5. The number of hydrogen-bond donors (Lipinski definition) is 0. The lowest BCUT2D eigenvalue weighted by Gasteiger charge is -2.23. The molecule has 2 heteroatoms. The predicted octanol–water partition coefficient (Wildman–Crippen LogP) is 5.34. The average molecular weight is 323 g/mol. The molecule has 2 rings (SSSR count). The zero-order chi connectivity index (χ0) is 17.4. The molecule has 0 saturated heterocycles. The molecule has 0 heterocycles. The highest BCUT2D eigenvalue weighted by Gasteiger charge is 2.16. The quantitative estimate of drug-likeness (QED) is 0.628. The summed E-state index contributed by atoms with van der Waals surface area (Å²) in [7, 11) is 4.20. The average Bonchev–Trinajstić information content (AvgIpc) is 2.82. The van der Waals surface area contributed by atoms with Gasteiger partial charge in [-0.15, -0.1) is 0 Å². The summed E-state index contributed by atoms with van der Waals surface area (Å²) in [4.78, 5) is 2.20. The molecule has 0 aromatic heterocycles.